The van der Waals surface area contributed by atoms with Crippen LogP contribution in [0.4, 0.5) is 0 Å². The normalized spacial score (nSPS) is 34.9. The van der Waals surface area contributed by atoms with Crippen molar-refractivity contribution in [2.75, 3.05) is 7.05 Å². The lowest BCUT2D eigenvalue weighted by Gasteiger charge is -2.70. The van der Waals surface area contributed by atoms with E-state index in [1.54, 1.807) is 0 Å². The van der Waals surface area contributed by atoms with E-state index in [1.165, 1.54) is 0 Å². The molecular formula is C13H14BrNO. The fourth-order valence-electron chi connectivity index (χ4n) is 2.96. The molecule has 3 heteroatoms. The van der Waals surface area contributed by atoms with Crippen molar-refractivity contribution >= 4 is 21.8 Å². The summed E-state index contributed by atoms with van der Waals surface area (Å²) in [6, 6.07) is 9.53. The standard InChI is InChI=1S/C13H14BrNO/c1-15(13-7-12(14,8-13)9-13)11(16)10-5-3-2-4-6-10/h2-6H,7-9H2,1H3. The minimum Gasteiger partial charge on any atom is -0.336 e. The first-order valence-corrected chi connectivity index (χ1v) is 6.36. The van der Waals surface area contributed by atoms with Crippen LogP contribution in [0, 0.1) is 0 Å². The Labute approximate surface area is 104 Å². The van der Waals surface area contributed by atoms with Crippen LogP contribution in [0.1, 0.15) is 29.6 Å². The lowest BCUT2D eigenvalue weighted by molar-refractivity contribution is -0.0856. The molecule has 0 aliphatic heterocycles. The number of amides is 1. The molecule has 0 atom stereocenters. The zero-order chi connectivity index (χ0) is 11.4. The van der Waals surface area contributed by atoms with Gasteiger partial charge in [-0.15, -0.1) is 0 Å². The number of benzene rings is 1. The van der Waals surface area contributed by atoms with Gasteiger partial charge in [-0.2, -0.15) is 0 Å². The summed E-state index contributed by atoms with van der Waals surface area (Å²) >= 11 is 3.70. The van der Waals surface area contributed by atoms with E-state index in [2.05, 4.69) is 15.9 Å². The molecule has 0 radical (unpaired) electrons. The Kier molecular flexibility index (Phi) is 2.00. The number of carbonyl (C=O) groups excluding carboxylic acids is 1. The van der Waals surface area contributed by atoms with Crippen molar-refractivity contribution < 1.29 is 4.79 Å². The molecule has 0 aromatic heterocycles. The molecule has 84 valence electrons. The Morgan fingerprint density at radius 3 is 2.31 bits per heavy atom. The van der Waals surface area contributed by atoms with Gasteiger partial charge in [0.2, 0.25) is 0 Å². The van der Waals surface area contributed by atoms with Crippen LogP contribution < -0.4 is 0 Å². The molecule has 1 aromatic rings. The maximum absolute atomic E-state index is 12.2. The number of hydrogen-bond acceptors (Lipinski definition) is 1. The zero-order valence-electron chi connectivity index (χ0n) is 9.24. The molecule has 4 rings (SSSR count). The highest BCUT2D eigenvalue weighted by molar-refractivity contribution is 9.10. The highest BCUT2D eigenvalue weighted by Gasteiger charge is 2.69. The summed E-state index contributed by atoms with van der Waals surface area (Å²) in [6.45, 7) is 0. The number of nitrogens with zero attached hydrogens (tertiary/aromatic N) is 1. The molecule has 1 amide bonds. The first kappa shape index (κ1) is 10.3. The van der Waals surface area contributed by atoms with E-state index in [0.717, 1.165) is 24.8 Å². The lowest BCUT2D eigenvalue weighted by Crippen LogP contribution is -2.76. The second kappa shape index (κ2) is 3.10. The third kappa shape index (κ3) is 1.27. The molecule has 3 saturated carbocycles. The summed E-state index contributed by atoms with van der Waals surface area (Å²) in [6.07, 6.45) is 3.32. The van der Waals surface area contributed by atoms with Crippen molar-refractivity contribution in [2.45, 2.75) is 29.1 Å². The van der Waals surface area contributed by atoms with Crippen molar-refractivity contribution in [1.82, 2.24) is 4.90 Å². The largest absolute Gasteiger partial charge is 0.336 e. The molecule has 3 fully saturated rings. The highest BCUT2D eigenvalue weighted by atomic mass is 79.9. The molecule has 0 heterocycles. The van der Waals surface area contributed by atoms with E-state index in [-0.39, 0.29) is 11.4 Å². The average molecular weight is 280 g/mol. The number of rotatable bonds is 2. The highest BCUT2D eigenvalue weighted by Crippen LogP contribution is 2.68. The minimum absolute atomic E-state index is 0.148. The molecule has 2 bridgehead atoms. The summed E-state index contributed by atoms with van der Waals surface area (Å²) in [5.41, 5.74) is 0.939. The average Bonchev–Trinajstić information content (AvgIpc) is 2.23. The fraction of sp³-hybridized carbons (Fsp3) is 0.462. The van der Waals surface area contributed by atoms with E-state index in [0.29, 0.717) is 4.32 Å². The van der Waals surface area contributed by atoms with Crippen molar-refractivity contribution in [3.63, 3.8) is 0 Å². The summed E-state index contributed by atoms with van der Waals surface area (Å²) in [7, 11) is 1.93. The molecule has 1 aromatic carbocycles. The van der Waals surface area contributed by atoms with Crippen molar-refractivity contribution in [1.29, 1.82) is 0 Å². The van der Waals surface area contributed by atoms with Gasteiger partial charge in [-0.3, -0.25) is 4.79 Å². The van der Waals surface area contributed by atoms with Crippen LogP contribution in [-0.4, -0.2) is 27.7 Å². The van der Waals surface area contributed by atoms with Crippen molar-refractivity contribution in [3.05, 3.63) is 35.9 Å². The minimum atomic E-state index is 0.148. The Morgan fingerprint density at radius 1 is 1.25 bits per heavy atom. The summed E-state index contributed by atoms with van der Waals surface area (Å²) < 4.78 is 0.359. The molecule has 0 unspecified atom stereocenters. The van der Waals surface area contributed by atoms with Gasteiger partial charge in [-0.1, -0.05) is 34.1 Å². The molecule has 0 spiro atoms. The predicted molar refractivity (Wildman–Crippen MR) is 66.8 cm³/mol. The van der Waals surface area contributed by atoms with Crippen LogP contribution in [0.2, 0.25) is 0 Å². The predicted octanol–water partition coefficient (Wildman–Crippen LogP) is 2.83. The van der Waals surface area contributed by atoms with Gasteiger partial charge in [0.25, 0.3) is 5.91 Å². The van der Waals surface area contributed by atoms with Gasteiger partial charge in [0.05, 0.1) is 0 Å². The van der Waals surface area contributed by atoms with E-state index < -0.39 is 0 Å². The molecular weight excluding hydrogens is 266 g/mol. The smallest absolute Gasteiger partial charge is 0.254 e. The number of alkyl halides is 1. The van der Waals surface area contributed by atoms with Gasteiger partial charge in [-0.25, -0.2) is 0 Å². The van der Waals surface area contributed by atoms with Crippen molar-refractivity contribution in [3.8, 4) is 0 Å². The summed E-state index contributed by atoms with van der Waals surface area (Å²) in [4.78, 5) is 14.2. The maximum atomic E-state index is 12.2. The summed E-state index contributed by atoms with van der Waals surface area (Å²) in [5, 5.41) is 0. The zero-order valence-corrected chi connectivity index (χ0v) is 10.8. The maximum Gasteiger partial charge on any atom is 0.254 e. The number of carbonyl (C=O) groups is 1. The van der Waals surface area contributed by atoms with Gasteiger partial charge < -0.3 is 4.90 Å². The molecule has 0 N–H and O–H groups in total. The van der Waals surface area contributed by atoms with Crippen molar-refractivity contribution in [2.24, 2.45) is 0 Å². The first-order valence-electron chi connectivity index (χ1n) is 5.57. The third-order valence-electron chi connectivity index (χ3n) is 3.97. The van der Waals surface area contributed by atoms with E-state index >= 15 is 0 Å². The Morgan fingerprint density at radius 2 is 1.81 bits per heavy atom. The molecule has 3 aliphatic rings. The third-order valence-corrected chi connectivity index (χ3v) is 4.82. The molecule has 3 aliphatic carbocycles. The van der Waals surface area contributed by atoms with Crippen LogP contribution in [0.3, 0.4) is 0 Å². The number of hydrogen-bond donors (Lipinski definition) is 0. The molecule has 2 nitrogen and oxygen atoms in total. The quantitative estimate of drug-likeness (QED) is 0.763. The molecule has 16 heavy (non-hydrogen) atoms. The van der Waals surface area contributed by atoms with Gasteiger partial charge >= 0.3 is 0 Å². The van der Waals surface area contributed by atoms with Crippen LogP contribution in [-0.2, 0) is 0 Å². The Hall–Kier alpha value is -0.830. The lowest BCUT2D eigenvalue weighted by atomic mass is 9.49. The summed E-state index contributed by atoms with van der Waals surface area (Å²) in [5.74, 6) is 0.148. The molecule has 0 saturated heterocycles. The SMILES string of the molecule is CN(C(=O)c1ccccc1)C12CC(Br)(C1)C2. The van der Waals surface area contributed by atoms with E-state index in [9.17, 15) is 4.79 Å². The monoisotopic (exact) mass is 279 g/mol. The van der Waals surface area contributed by atoms with Crippen LogP contribution in [0.5, 0.6) is 0 Å². The van der Waals surface area contributed by atoms with Gasteiger partial charge in [0, 0.05) is 22.5 Å². The second-order valence-electron chi connectivity index (χ2n) is 5.14. The van der Waals surface area contributed by atoms with Gasteiger partial charge in [0.15, 0.2) is 0 Å². The Bertz CT molecular complexity index is 423. The van der Waals surface area contributed by atoms with Crippen LogP contribution in [0.25, 0.3) is 0 Å². The Balaban J connectivity index is 1.77. The number of halogens is 1. The van der Waals surface area contributed by atoms with Crippen LogP contribution >= 0.6 is 15.9 Å². The van der Waals surface area contributed by atoms with E-state index in [1.807, 2.05) is 42.3 Å². The van der Waals surface area contributed by atoms with E-state index in [4.69, 9.17) is 0 Å². The topological polar surface area (TPSA) is 20.3 Å². The van der Waals surface area contributed by atoms with Gasteiger partial charge in [-0.05, 0) is 31.4 Å². The fourth-order valence-corrected chi connectivity index (χ4v) is 4.53. The van der Waals surface area contributed by atoms with Gasteiger partial charge in [0.1, 0.15) is 0 Å². The van der Waals surface area contributed by atoms with Crippen LogP contribution in [0.15, 0.2) is 30.3 Å². The second-order valence-corrected chi connectivity index (χ2v) is 6.82. The first-order chi connectivity index (χ1) is 7.55.